The monoisotopic (exact) mass is 349 g/mol. The van der Waals surface area contributed by atoms with E-state index in [1.165, 1.54) is 5.56 Å². The summed E-state index contributed by atoms with van der Waals surface area (Å²) in [6.07, 6.45) is 3.82. The Hall–Kier alpha value is -2.89. The molecule has 1 aliphatic rings. The SMILES string of the molecule is Cc1nn(C)c(C)c1C1CCCN1C(=O)c1ccn(-c2ccccc2)n1. The topological polar surface area (TPSA) is 56.0 Å². The standard InChI is InChI=1S/C20H23N5O/c1-14-19(15(2)23(3)21-14)18-10-7-12-24(18)20(26)17-11-13-25(22-17)16-8-5-4-6-9-16/h4-6,8-9,11,13,18H,7,10,12H2,1-3H3. The smallest absolute Gasteiger partial charge is 0.274 e. The molecule has 1 aliphatic heterocycles. The molecular weight excluding hydrogens is 326 g/mol. The van der Waals surface area contributed by atoms with Crippen LogP contribution in [0.15, 0.2) is 42.6 Å². The van der Waals surface area contributed by atoms with Crippen LogP contribution >= 0.6 is 0 Å². The molecule has 0 spiro atoms. The van der Waals surface area contributed by atoms with Gasteiger partial charge in [-0.25, -0.2) is 4.68 Å². The first-order valence-corrected chi connectivity index (χ1v) is 8.98. The van der Waals surface area contributed by atoms with E-state index in [4.69, 9.17) is 0 Å². The van der Waals surface area contributed by atoms with Crippen LogP contribution in [0.25, 0.3) is 5.69 Å². The summed E-state index contributed by atoms with van der Waals surface area (Å²) >= 11 is 0. The fourth-order valence-electron chi connectivity index (χ4n) is 3.89. The van der Waals surface area contributed by atoms with Crippen LogP contribution in [0.1, 0.15) is 46.3 Å². The number of nitrogens with zero attached hydrogens (tertiary/aromatic N) is 5. The van der Waals surface area contributed by atoms with Crippen LogP contribution in [-0.4, -0.2) is 36.9 Å². The molecule has 6 nitrogen and oxygen atoms in total. The molecule has 1 aromatic carbocycles. The van der Waals surface area contributed by atoms with Crippen LogP contribution in [0.2, 0.25) is 0 Å². The molecule has 0 bridgehead atoms. The number of aryl methyl sites for hydroxylation is 2. The Bertz CT molecular complexity index is 941. The van der Waals surface area contributed by atoms with Gasteiger partial charge in [0.2, 0.25) is 0 Å². The molecule has 1 fully saturated rings. The van der Waals surface area contributed by atoms with Gasteiger partial charge in [-0.3, -0.25) is 9.48 Å². The molecule has 4 rings (SSSR count). The predicted octanol–water partition coefficient (Wildman–Crippen LogP) is 3.20. The van der Waals surface area contributed by atoms with Crippen molar-refractivity contribution < 1.29 is 4.79 Å². The zero-order valence-electron chi connectivity index (χ0n) is 15.4. The van der Waals surface area contributed by atoms with E-state index in [0.717, 1.165) is 36.5 Å². The highest BCUT2D eigenvalue weighted by molar-refractivity contribution is 5.92. The highest BCUT2D eigenvalue weighted by atomic mass is 16.2. The second-order valence-corrected chi connectivity index (χ2v) is 6.85. The van der Waals surface area contributed by atoms with Crippen LogP contribution in [0.5, 0.6) is 0 Å². The summed E-state index contributed by atoms with van der Waals surface area (Å²) in [5, 5.41) is 9.03. The molecule has 3 aromatic rings. The Morgan fingerprint density at radius 2 is 1.88 bits per heavy atom. The first-order chi connectivity index (χ1) is 12.6. The molecule has 1 amide bonds. The van der Waals surface area contributed by atoms with Crippen LogP contribution < -0.4 is 0 Å². The minimum atomic E-state index is -0.00941. The van der Waals surface area contributed by atoms with Gasteiger partial charge in [-0.15, -0.1) is 0 Å². The van der Waals surface area contributed by atoms with Crippen LogP contribution in [-0.2, 0) is 7.05 Å². The number of carbonyl (C=O) groups excluding carboxylic acids is 1. The fraction of sp³-hybridized carbons (Fsp3) is 0.350. The zero-order valence-corrected chi connectivity index (χ0v) is 15.4. The maximum Gasteiger partial charge on any atom is 0.274 e. The fourth-order valence-corrected chi connectivity index (χ4v) is 3.89. The number of hydrogen-bond donors (Lipinski definition) is 0. The molecule has 1 atom stereocenters. The van der Waals surface area contributed by atoms with Crippen molar-refractivity contribution >= 4 is 5.91 Å². The van der Waals surface area contributed by atoms with Crippen LogP contribution in [0.3, 0.4) is 0 Å². The first-order valence-electron chi connectivity index (χ1n) is 8.98. The third-order valence-electron chi connectivity index (χ3n) is 5.24. The lowest BCUT2D eigenvalue weighted by Gasteiger charge is -2.24. The molecule has 3 heterocycles. The highest BCUT2D eigenvalue weighted by Crippen LogP contribution is 2.36. The summed E-state index contributed by atoms with van der Waals surface area (Å²) < 4.78 is 3.65. The lowest BCUT2D eigenvalue weighted by Crippen LogP contribution is -2.31. The van der Waals surface area contributed by atoms with Crippen molar-refractivity contribution in [2.45, 2.75) is 32.7 Å². The maximum atomic E-state index is 13.1. The molecular formula is C20H23N5O. The van der Waals surface area contributed by atoms with E-state index in [1.54, 1.807) is 10.7 Å². The van der Waals surface area contributed by atoms with E-state index < -0.39 is 0 Å². The number of carbonyl (C=O) groups is 1. The minimum absolute atomic E-state index is 0.00941. The lowest BCUT2D eigenvalue weighted by molar-refractivity contribution is 0.0728. The van der Waals surface area contributed by atoms with Crippen molar-refractivity contribution in [1.29, 1.82) is 0 Å². The average molecular weight is 349 g/mol. The Kier molecular flexibility index (Phi) is 4.11. The zero-order chi connectivity index (χ0) is 18.3. The van der Waals surface area contributed by atoms with E-state index in [2.05, 4.69) is 17.1 Å². The molecule has 0 saturated carbocycles. The number of aromatic nitrogens is 4. The first kappa shape index (κ1) is 16.6. The van der Waals surface area contributed by atoms with Crippen molar-refractivity contribution in [1.82, 2.24) is 24.5 Å². The number of amides is 1. The van der Waals surface area contributed by atoms with E-state index in [0.29, 0.717) is 5.69 Å². The van der Waals surface area contributed by atoms with Crippen molar-refractivity contribution in [2.75, 3.05) is 6.54 Å². The highest BCUT2D eigenvalue weighted by Gasteiger charge is 2.34. The number of benzene rings is 1. The quantitative estimate of drug-likeness (QED) is 0.730. The van der Waals surface area contributed by atoms with Crippen molar-refractivity contribution in [3.63, 3.8) is 0 Å². The third-order valence-corrected chi connectivity index (χ3v) is 5.24. The Balaban J connectivity index is 1.63. The van der Waals surface area contributed by atoms with Gasteiger partial charge in [-0.1, -0.05) is 18.2 Å². The summed E-state index contributed by atoms with van der Waals surface area (Å²) in [6, 6.07) is 11.7. The molecule has 134 valence electrons. The van der Waals surface area contributed by atoms with E-state index >= 15 is 0 Å². The predicted molar refractivity (Wildman–Crippen MR) is 99.3 cm³/mol. The van der Waals surface area contributed by atoms with Crippen LogP contribution in [0.4, 0.5) is 0 Å². The van der Waals surface area contributed by atoms with Gasteiger partial charge in [0.25, 0.3) is 5.91 Å². The Labute approximate surface area is 153 Å². The molecule has 2 aromatic heterocycles. The molecule has 1 saturated heterocycles. The summed E-state index contributed by atoms with van der Waals surface area (Å²) in [7, 11) is 1.95. The van der Waals surface area contributed by atoms with Gasteiger partial charge in [-0.05, 0) is 44.9 Å². The van der Waals surface area contributed by atoms with Crippen molar-refractivity contribution in [3.05, 3.63) is 65.2 Å². The summed E-state index contributed by atoms with van der Waals surface area (Å²) in [5.74, 6) is -0.00941. The van der Waals surface area contributed by atoms with Gasteiger partial charge in [0.15, 0.2) is 5.69 Å². The molecule has 0 aliphatic carbocycles. The number of rotatable bonds is 3. The maximum absolute atomic E-state index is 13.1. The van der Waals surface area contributed by atoms with E-state index in [-0.39, 0.29) is 11.9 Å². The molecule has 0 N–H and O–H groups in total. The van der Waals surface area contributed by atoms with E-state index in [9.17, 15) is 4.79 Å². The molecule has 6 heteroatoms. The summed E-state index contributed by atoms with van der Waals surface area (Å²) in [6.45, 7) is 4.85. The van der Waals surface area contributed by atoms with E-state index in [1.807, 2.05) is 60.1 Å². The normalized spacial score (nSPS) is 17.0. The summed E-state index contributed by atoms with van der Waals surface area (Å²) in [4.78, 5) is 15.1. The van der Waals surface area contributed by atoms with Gasteiger partial charge >= 0.3 is 0 Å². The van der Waals surface area contributed by atoms with Gasteiger partial charge in [0.05, 0.1) is 17.4 Å². The molecule has 26 heavy (non-hydrogen) atoms. The van der Waals surface area contributed by atoms with Crippen molar-refractivity contribution in [2.24, 2.45) is 7.05 Å². The second-order valence-electron chi connectivity index (χ2n) is 6.85. The van der Waals surface area contributed by atoms with Crippen molar-refractivity contribution in [3.8, 4) is 5.69 Å². The molecule has 1 unspecified atom stereocenters. The largest absolute Gasteiger partial charge is 0.330 e. The molecule has 0 radical (unpaired) electrons. The Morgan fingerprint density at radius 3 is 2.58 bits per heavy atom. The van der Waals surface area contributed by atoms with Gasteiger partial charge in [0.1, 0.15) is 0 Å². The third kappa shape index (κ3) is 2.71. The second kappa shape index (κ2) is 6.44. The number of hydrogen-bond acceptors (Lipinski definition) is 3. The average Bonchev–Trinajstić information content (AvgIpc) is 3.36. The number of likely N-dealkylation sites (tertiary alicyclic amines) is 1. The van der Waals surface area contributed by atoms with Gasteiger partial charge < -0.3 is 4.90 Å². The minimum Gasteiger partial charge on any atom is -0.330 e. The van der Waals surface area contributed by atoms with Gasteiger partial charge in [-0.2, -0.15) is 10.2 Å². The summed E-state index contributed by atoms with van der Waals surface area (Å²) in [5.41, 5.74) is 4.75. The lowest BCUT2D eigenvalue weighted by atomic mass is 10.0. The van der Waals surface area contributed by atoms with Gasteiger partial charge in [0, 0.05) is 31.0 Å². The number of para-hydroxylation sites is 1. The Morgan fingerprint density at radius 1 is 1.12 bits per heavy atom. The van der Waals surface area contributed by atoms with Crippen LogP contribution in [0, 0.1) is 13.8 Å².